The standard InChI is InChI=1S/C10H17N3OS/c1-6(2)9-8(11)10(13(3)12-9)15-7-4-14-5-7/h6-7H,4-5,11H2,1-3H3. The number of nitrogens with two attached hydrogens (primary N) is 1. The molecule has 2 rings (SSSR count). The van der Waals surface area contributed by atoms with Gasteiger partial charge in [-0.1, -0.05) is 25.6 Å². The molecule has 0 unspecified atom stereocenters. The number of nitrogens with zero attached hydrogens (tertiary/aromatic N) is 2. The number of thioether (sulfide) groups is 1. The Morgan fingerprint density at radius 2 is 2.20 bits per heavy atom. The van der Waals surface area contributed by atoms with Gasteiger partial charge in [-0.2, -0.15) is 5.10 Å². The van der Waals surface area contributed by atoms with Crippen LogP contribution in [-0.4, -0.2) is 28.2 Å². The van der Waals surface area contributed by atoms with Crippen molar-refractivity contribution in [3.8, 4) is 0 Å². The smallest absolute Gasteiger partial charge is 0.117 e. The number of hydrogen-bond donors (Lipinski definition) is 1. The van der Waals surface area contributed by atoms with Gasteiger partial charge in [-0.15, -0.1) is 0 Å². The molecule has 0 aliphatic carbocycles. The minimum Gasteiger partial charge on any atom is -0.395 e. The third kappa shape index (κ3) is 1.99. The molecule has 15 heavy (non-hydrogen) atoms. The second-order valence-electron chi connectivity index (χ2n) is 4.16. The van der Waals surface area contributed by atoms with Gasteiger partial charge >= 0.3 is 0 Å². The fraction of sp³-hybridized carbons (Fsp3) is 0.700. The van der Waals surface area contributed by atoms with Crippen LogP contribution in [0.2, 0.25) is 0 Å². The molecular weight excluding hydrogens is 210 g/mol. The van der Waals surface area contributed by atoms with Crippen LogP contribution in [0.4, 0.5) is 5.69 Å². The number of aromatic nitrogens is 2. The van der Waals surface area contributed by atoms with Crippen molar-refractivity contribution in [3.63, 3.8) is 0 Å². The first kappa shape index (κ1) is 10.8. The second-order valence-corrected chi connectivity index (χ2v) is 5.45. The lowest BCUT2D eigenvalue weighted by molar-refractivity contribution is 0.0454. The predicted molar refractivity (Wildman–Crippen MR) is 62.2 cm³/mol. The molecule has 4 nitrogen and oxygen atoms in total. The summed E-state index contributed by atoms with van der Waals surface area (Å²) in [5.74, 6) is 0.378. The Hall–Kier alpha value is -0.680. The lowest BCUT2D eigenvalue weighted by Gasteiger charge is -2.25. The molecule has 1 fully saturated rings. The van der Waals surface area contributed by atoms with Crippen molar-refractivity contribution >= 4 is 17.4 Å². The zero-order valence-corrected chi connectivity index (χ0v) is 10.2. The van der Waals surface area contributed by atoms with Crippen molar-refractivity contribution in [3.05, 3.63) is 5.69 Å². The van der Waals surface area contributed by atoms with Crippen LogP contribution >= 0.6 is 11.8 Å². The van der Waals surface area contributed by atoms with Gasteiger partial charge in [-0.3, -0.25) is 4.68 Å². The van der Waals surface area contributed by atoms with Gasteiger partial charge in [-0.25, -0.2) is 0 Å². The molecule has 1 aromatic heterocycles. The number of rotatable bonds is 3. The first-order valence-corrected chi connectivity index (χ1v) is 6.04. The van der Waals surface area contributed by atoms with Gasteiger partial charge in [0.15, 0.2) is 0 Å². The molecule has 0 radical (unpaired) electrons. The quantitative estimate of drug-likeness (QED) is 0.852. The summed E-state index contributed by atoms with van der Waals surface area (Å²) in [6.07, 6.45) is 0. The van der Waals surface area contributed by atoms with Crippen LogP contribution in [0, 0.1) is 0 Å². The molecule has 5 heteroatoms. The highest BCUT2D eigenvalue weighted by molar-refractivity contribution is 8.00. The average Bonchev–Trinajstić information content (AvgIpc) is 2.36. The third-order valence-electron chi connectivity index (χ3n) is 2.49. The van der Waals surface area contributed by atoms with E-state index in [-0.39, 0.29) is 0 Å². The summed E-state index contributed by atoms with van der Waals surface area (Å²) < 4.78 is 7.03. The Bertz CT molecular complexity index is 358. The van der Waals surface area contributed by atoms with E-state index in [1.54, 1.807) is 11.8 Å². The molecule has 0 spiro atoms. The van der Waals surface area contributed by atoms with E-state index in [9.17, 15) is 0 Å². The van der Waals surface area contributed by atoms with Crippen molar-refractivity contribution in [2.24, 2.45) is 7.05 Å². The summed E-state index contributed by atoms with van der Waals surface area (Å²) in [5, 5.41) is 6.07. The maximum absolute atomic E-state index is 6.09. The highest BCUT2D eigenvalue weighted by Gasteiger charge is 2.24. The van der Waals surface area contributed by atoms with E-state index in [1.807, 2.05) is 11.7 Å². The maximum atomic E-state index is 6.09. The molecule has 0 saturated carbocycles. The number of ether oxygens (including phenoxy) is 1. The van der Waals surface area contributed by atoms with E-state index < -0.39 is 0 Å². The van der Waals surface area contributed by atoms with Crippen molar-refractivity contribution < 1.29 is 4.74 Å². The largest absolute Gasteiger partial charge is 0.395 e. The van der Waals surface area contributed by atoms with Crippen LogP contribution in [0.3, 0.4) is 0 Å². The van der Waals surface area contributed by atoms with Gasteiger partial charge in [0.2, 0.25) is 0 Å². The van der Waals surface area contributed by atoms with Crippen LogP contribution in [0.25, 0.3) is 0 Å². The van der Waals surface area contributed by atoms with E-state index in [0.717, 1.165) is 29.6 Å². The van der Waals surface area contributed by atoms with Crippen molar-refractivity contribution in [1.82, 2.24) is 9.78 Å². The topological polar surface area (TPSA) is 53.1 Å². The molecule has 1 aliphatic rings. The summed E-state index contributed by atoms with van der Waals surface area (Å²) in [4.78, 5) is 0. The fourth-order valence-corrected chi connectivity index (χ4v) is 2.62. The molecule has 0 bridgehead atoms. The van der Waals surface area contributed by atoms with Crippen LogP contribution in [0.15, 0.2) is 5.03 Å². The van der Waals surface area contributed by atoms with E-state index in [1.165, 1.54) is 0 Å². The summed E-state index contributed by atoms with van der Waals surface area (Å²) in [6, 6.07) is 0. The molecule has 1 saturated heterocycles. The zero-order valence-electron chi connectivity index (χ0n) is 9.36. The molecule has 2 N–H and O–H groups in total. The Balaban J connectivity index is 2.21. The van der Waals surface area contributed by atoms with Crippen LogP contribution in [0.1, 0.15) is 25.5 Å². The summed E-state index contributed by atoms with van der Waals surface area (Å²) >= 11 is 1.77. The SMILES string of the molecule is CC(C)c1nn(C)c(SC2COC2)c1N. The van der Waals surface area contributed by atoms with E-state index in [0.29, 0.717) is 11.2 Å². The average molecular weight is 227 g/mol. The van der Waals surface area contributed by atoms with Crippen LogP contribution in [-0.2, 0) is 11.8 Å². The van der Waals surface area contributed by atoms with Gasteiger partial charge in [0.1, 0.15) is 5.03 Å². The molecule has 0 atom stereocenters. The summed E-state index contributed by atoms with van der Waals surface area (Å²) in [7, 11) is 1.95. The number of nitrogen functional groups attached to an aromatic ring is 1. The highest BCUT2D eigenvalue weighted by Crippen LogP contribution is 2.35. The zero-order chi connectivity index (χ0) is 11.0. The van der Waals surface area contributed by atoms with Gasteiger partial charge in [0.25, 0.3) is 0 Å². The Kier molecular flexibility index (Phi) is 2.93. The molecule has 1 aliphatic heterocycles. The van der Waals surface area contributed by atoms with Crippen molar-refractivity contribution in [2.45, 2.75) is 30.0 Å². The monoisotopic (exact) mass is 227 g/mol. The minimum atomic E-state index is 0.378. The summed E-state index contributed by atoms with van der Waals surface area (Å²) in [6.45, 7) is 5.87. The molecule has 2 heterocycles. The Morgan fingerprint density at radius 1 is 1.53 bits per heavy atom. The van der Waals surface area contributed by atoms with E-state index >= 15 is 0 Å². The van der Waals surface area contributed by atoms with Gasteiger partial charge < -0.3 is 10.5 Å². The van der Waals surface area contributed by atoms with Crippen molar-refractivity contribution in [1.29, 1.82) is 0 Å². The lowest BCUT2D eigenvalue weighted by atomic mass is 10.1. The van der Waals surface area contributed by atoms with E-state index in [4.69, 9.17) is 10.5 Å². The first-order chi connectivity index (χ1) is 7.09. The van der Waals surface area contributed by atoms with E-state index in [2.05, 4.69) is 18.9 Å². The number of hydrogen-bond acceptors (Lipinski definition) is 4. The lowest BCUT2D eigenvalue weighted by Crippen LogP contribution is -2.30. The van der Waals surface area contributed by atoms with Gasteiger partial charge in [0.05, 0.1) is 29.8 Å². The first-order valence-electron chi connectivity index (χ1n) is 5.16. The molecule has 0 aromatic carbocycles. The molecule has 0 amide bonds. The normalized spacial score (nSPS) is 17.1. The predicted octanol–water partition coefficient (Wildman–Crippen LogP) is 1.62. The molecule has 1 aromatic rings. The van der Waals surface area contributed by atoms with Crippen LogP contribution < -0.4 is 5.73 Å². The maximum Gasteiger partial charge on any atom is 0.117 e. The minimum absolute atomic E-state index is 0.378. The number of aryl methyl sites for hydroxylation is 1. The highest BCUT2D eigenvalue weighted by atomic mass is 32.2. The Labute approximate surface area is 94.2 Å². The fourth-order valence-electron chi connectivity index (χ4n) is 1.55. The number of anilines is 1. The molecule has 84 valence electrons. The summed E-state index contributed by atoms with van der Waals surface area (Å²) in [5.41, 5.74) is 7.92. The molecular formula is C10H17N3OS. The second kappa shape index (κ2) is 4.06. The Morgan fingerprint density at radius 3 is 2.60 bits per heavy atom. The van der Waals surface area contributed by atoms with Crippen LogP contribution in [0.5, 0.6) is 0 Å². The van der Waals surface area contributed by atoms with Gasteiger partial charge in [-0.05, 0) is 5.92 Å². The third-order valence-corrected chi connectivity index (χ3v) is 3.80. The van der Waals surface area contributed by atoms with Crippen molar-refractivity contribution in [2.75, 3.05) is 18.9 Å². The van der Waals surface area contributed by atoms with Gasteiger partial charge in [0, 0.05) is 7.05 Å².